The second kappa shape index (κ2) is 6.20. The zero-order chi connectivity index (χ0) is 13.7. The lowest BCUT2D eigenvalue weighted by atomic mass is 10.1. The van der Waals surface area contributed by atoms with Gasteiger partial charge in [-0.2, -0.15) is 0 Å². The van der Waals surface area contributed by atoms with Gasteiger partial charge in [-0.05, 0) is 18.6 Å². The Morgan fingerprint density at radius 3 is 2.74 bits per heavy atom. The predicted octanol–water partition coefficient (Wildman–Crippen LogP) is 2.54. The quantitative estimate of drug-likeness (QED) is 0.865. The van der Waals surface area contributed by atoms with E-state index < -0.39 is 6.10 Å². The second-order valence-corrected chi connectivity index (χ2v) is 4.33. The molecule has 1 aromatic carbocycles. The molecule has 1 atom stereocenters. The van der Waals surface area contributed by atoms with Crippen LogP contribution in [0.5, 0.6) is 5.75 Å². The highest BCUT2D eigenvalue weighted by atomic mass is 16.5. The van der Waals surface area contributed by atoms with Crippen molar-refractivity contribution in [2.45, 2.75) is 13.0 Å². The van der Waals surface area contributed by atoms with Crippen molar-refractivity contribution < 1.29 is 9.84 Å². The van der Waals surface area contributed by atoms with Crippen LogP contribution in [0.4, 0.5) is 5.69 Å². The first-order chi connectivity index (χ1) is 9.20. The van der Waals surface area contributed by atoms with Gasteiger partial charge >= 0.3 is 0 Å². The highest BCUT2D eigenvalue weighted by molar-refractivity contribution is 5.56. The fraction of sp³-hybridized carbons (Fsp3) is 0.267. The van der Waals surface area contributed by atoms with Crippen LogP contribution in [-0.4, -0.2) is 23.7 Å². The average molecular weight is 258 g/mol. The minimum Gasteiger partial charge on any atom is -0.493 e. The normalized spacial score (nSPS) is 11.9. The van der Waals surface area contributed by atoms with Gasteiger partial charge in [-0.3, -0.25) is 4.98 Å². The summed E-state index contributed by atoms with van der Waals surface area (Å²) in [6, 6.07) is 11.5. The standard InChI is InChI=1S/C15H18N2O2/c1-11-8-13(15(19-2)10-16-11)17-9-14(18)12-6-4-3-5-7-12/h3-8,10,14,18H,9H2,1-2H3,(H,16,17). The number of hydrogen-bond donors (Lipinski definition) is 2. The van der Waals surface area contributed by atoms with E-state index in [-0.39, 0.29) is 0 Å². The van der Waals surface area contributed by atoms with E-state index in [1.54, 1.807) is 13.3 Å². The van der Waals surface area contributed by atoms with Crippen molar-refractivity contribution in [3.05, 3.63) is 53.9 Å². The molecule has 100 valence electrons. The minimum atomic E-state index is -0.556. The van der Waals surface area contributed by atoms with Crippen molar-refractivity contribution in [1.82, 2.24) is 4.98 Å². The second-order valence-electron chi connectivity index (χ2n) is 4.33. The van der Waals surface area contributed by atoms with E-state index in [9.17, 15) is 5.11 Å². The van der Waals surface area contributed by atoms with Gasteiger partial charge in [0.15, 0.2) is 5.75 Å². The fourth-order valence-corrected chi connectivity index (χ4v) is 1.85. The zero-order valence-electron chi connectivity index (χ0n) is 11.1. The van der Waals surface area contributed by atoms with E-state index in [0.29, 0.717) is 12.3 Å². The van der Waals surface area contributed by atoms with Gasteiger partial charge in [0.05, 0.1) is 25.1 Å². The number of rotatable bonds is 5. The molecule has 0 bridgehead atoms. The maximum absolute atomic E-state index is 10.1. The summed E-state index contributed by atoms with van der Waals surface area (Å²) in [4.78, 5) is 4.17. The van der Waals surface area contributed by atoms with Gasteiger partial charge in [0.1, 0.15) is 0 Å². The lowest BCUT2D eigenvalue weighted by Gasteiger charge is -2.15. The number of hydrogen-bond acceptors (Lipinski definition) is 4. The third-order valence-electron chi connectivity index (χ3n) is 2.89. The number of nitrogens with zero attached hydrogens (tertiary/aromatic N) is 1. The molecule has 0 radical (unpaired) electrons. The van der Waals surface area contributed by atoms with E-state index in [1.165, 1.54) is 0 Å². The van der Waals surface area contributed by atoms with Crippen LogP contribution in [-0.2, 0) is 0 Å². The van der Waals surface area contributed by atoms with E-state index in [2.05, 4.69) is 10.3 Å². The Morgan fingerprint density at radius 1 is 1.32 bits per heavy atom. The van der Waals surface area contributed by atoms with Gasteiger partial charge in [0, 0.05) is 12.2 Å². The molecule has 0 aliphatic carbocycles. The Bertz CT molecular complexity index is 529. The number of aromatic nitrogens is 1. The smallest absolute Gasteiger partial charge is 0.160 e. The summed E-state index contributed by atoms with van der Waals surface area (Å²) in [7, 11) is 1.60. The van der Waals surface area contributed by atoms with E-state index >= 15 is 0 Å². The van der Waals surface area contributed by atoms with E-state index in [4.69, 9.17) is 4.74 Å². The number of pyridine rings is 1. The average Bonchev–Trinajstić information content (AvgIpc) is 2.46. The fourth-order valence-electron chi connectivity index (χ4n) is 1.85. The highest BCUT2D eigenvalue weighted by Crippen LogP contribution is 2.24. The van der Waals surface area contributed by atoms with Crippen molar-refractivity contribution in [3.63, 3.8) is 0 Å². The number of nitrogens with one attached hydrogen (secondary N) is 1. The van der Waals surface area contributed by atoms with Crippen molar-refractivity contribution in [2.24, 2.45) is 0 Å². The van der Waals surface area contributed by atoms with Gasteiger partial charge in [-0.25, -0.2) is 0 Å². The highest BCUT2D eigenvalue weighted by Gasteiger charge is 2.09. The molecule has 0 spiro atoms. The van der Waals surface area contributed by atoms with Crippen LogP contribution in [0.1, 0.15) is 17.4 Å². The molecule has 1 heterocycles. The topological polar surface area (TPSA) is 54.4 Å². The molecule has 1 aromatic heterocycles. The molecule has 0 amide bonds. The number of aryl methyl sites for hydroxylation is 1. The number of aliphatic hydroxyl groups is 1. The maximum atomic E-state index is 10.1. The lowest BCUT2D eigenvalue weighted by molar-refractivity contribution is 0.191. The number of ether oxygens (including phenoxy) is 1. The first-order valence-electron chi connectivity index (χ1n) is 6.18. The van der Waals surface area contributed by atoms with Gasteiger partial charge in [-0.15, -0.1) is 0 Å². The molecule has 0 aliphatic heterocycles. The van der Waals surface area contributed by atoms with Crippen LogP contribution in [0.3, 0.4) is 0 Å². The molecular weight excluding hydrogens is 240 g/mol. The van der Waals surface area contributed by atoms with Crippen molar-refractivity contribution >= 4 is 5.69 Å². The van der Waals surface area contributed by atoms with Crippen LogP contribution in [0.2, 0.25) is 0 Å². The molecule has 0 saturated heterocycles. The van der Waals surface area contributed by atoms with E-state index in [0.717, 1.165) is 16.9 Å². The third kappa shape index (κ3) is 3.45. The Kier molecular flexibility index (Phi) is 4.36. The molecule has 1 unspecified atom stereocenters. The summed E-state index contributed by atoms with van der Waals surface area (Å²) in [5, 5.41) is 13.3. The molecule has 2 rings (SSSR count). The van der Waals surface area contributed by atoms with Crippen LogP contribution in [0.25, 0.3) is 0 Å². The lowest BCUT2D eigenvalue weighted by Crippen LogP contribution is -2.12. The summed E-state index contributed by atoms with van der Waals surface area (Å²) < 4.78 is 5.23. The van der Waals surface area contributed by atoms with E-state index in [1.807, 2.05) is 43.3 Å². The minimum absolute atomic E-state index is 0.420. The molecule has 0 aliphatic rings. The molecule has 0 saturated carbocycles. The number of benzene rings is 1. The van der Waals surface area contributed by atoms with Crippen LogP contribution < -0.4 is 10.1 Å². The first kappa shape index (κ1) is 13.4. The number of methoxy groups -OCH3 is 1. The van der Waals surface area contributed by atoms with Gasteiger partial charge in [0.25, 0.3) is 0 Å². The Balaban J connectivity index is 2.04. The van der Waals surface area contributed by atoms with Crippen molar-refractivity contribution in [2.75, 3.05) is 19.0 Å². The zero-order valence-corrected chi connectivity index (χ0v) is 11.1. The SMILES string of the molecule is COc1cnc(C)cc1NCC(O)c1ccccc1. The van der Waals surface area contributed by atoms with Gasteiger partial charge < -0.3 is 15.2 Å². The van der Waals surface area contributed by atoms with Crippen LogP contribution in [0, 0.1) is 6.92 Å². The molecule has 4 heteroatoms. The Labute approximate surface area is 113 Å². The molecular formula is C15H18N2O2. The van der Waals surface area contributed by atoms with Crippen molar-refractivity contribution in [3.8, 4) is 5.75 Å². The summed E-state index contributed by atoms with van der Waals surface area (Å²) in [5.41, 5.74) is 2.63. The van der Waals surface area contributed by atoms with Crippen molar-refractivity contribution in [1.29, 1.82) is 0 Å². The Morgan fingerprint density at radius 2 is 2.05 bits per heavy atom. The molecule has 2 N–H and O–H groups in total. The van der Waals surface area contributed by atoms with Gasteiger partial charge in [-0.1, -0.05) is 30.3 Å². The summed E-state index contributed by atoms with van der Waals surface area (Å²) in [6.07, 6.45) is 1.12. The first-order valence-corrected chi connectivity index (χ1v) is 6.18. The maximum Gasteiger partial charge on any atom is 0.160 e. The van der Waals surface area contributed by atoms with Gasteiger partial charge in [0.2, 0.25) is 0 Å². The molecule has 0 fully saturated rings. The molecule has 19 heavy (non-hydrogen) atoms. The third-order valence-corrected chi connectivity index (χ3v) is 2.89. The summed E-state index contributed by atoms with van der Waals surface area (Å²) in [6.45, 7) is 2.34. The molecule has 4 nitrogen and oxygen atoms in total. The predicted molar refractivity (Wildman–Crippen MR) is 75.4 cm³/mol. The van der Waals surface area contributed by atoms with Crippen LogP contribution >= 0.6 is 0 Å². The molecule has 2 aromatic rings. The summed E-state index contributed by atoms with van der Waals surface area (Å²) in [5.74, 6) is 0.672. The number of anilines is 1. The summed E-state index contributed by atoms with van der Waals surface area (Å²) >= 11 is 0. The van der Waals surface area contributed by atoms with Crippen LogP contribution in [0.15, 0.2) is 42.6 Å². The largest absolute Gasteiger partial charge is 0.493 e. The Hall–Kier alpha value is -2.07. The monoisotopic (exact) mass is 258 g/mol. The number of aliphatic hydroxyl groups excluding tert-OH is 1.